The number of amides is 1. The molecule has 1 aromatic rings. The van der Waals surface area contributed by atoms with Gasteiger partial charge in [-0.1, -0.05) is 18.2 Å². The first-order chi connectivity index (χ1) is 9.06. The van der Waals surface area contributed by atoms with Crippen LogP contribution in [-0.4, -0.2) is 11.7 Å². The number of rotatable bonds is 4. The van der Waals surface area contributed by atoms with Crippen LogP contribution >= 0.6 is 0 Å². The maximum Gasteiger partial charge on any atom is 0.239 e. The number of carbonyl (C=O) groups is 2. The van der Waals surface area contributed by atoms with Gasteiger partial charge in [-0.3, -0.25) is 9.59 Å². The topological polar surface area (TPSA) is 46.2 Å². The van der Waals surface area contributed by atoms with Gasteiger partial charge in [-0.15, -0.1) is 13.2 Å². The fourth-order valence-electron chi connectivity index (χ4n) is 2.38. The predicted octanol–water partition coefficient (Wildman–Crippen LogP) is 3.10. The van der Waals surface area contributed by atoms with Gasteiger partial charge in [-0.25, -0.2) is 4.39 Å². The van der Waals surface area contributed by atoms with Gasteiger partial charge in [0.05, 0.1) is 5.69 Å². The molecule has 0 fully saturated rings. The second kappa shape index (κ2) is 4.80. The Morgan fingerprint density at radius 3 is 2.42 bits per heavy atom. The summed E-state index contributed by atoms with van der Waals surface area (Å²) < 4.78 is 13.6. The Morgan fingerprint density at radius 1 is 1.21 bits per heavy atom. The SMILES string of the molecule is C=CCC1(CC=C)C(=O)Nc2c(F)cccc2C1=O. The molecule has 1 aliphatic heterocycles. The quantitative estimate of drug-likeness (QED) is 0.667. The molecule has 0 aliphatic carbocycles. The summed E-state index contributed by atoms with van der Waals surface area (Å²) in [6.45, 7) is 7.17. The van der Waals surface area contributed by atoms with Crippen molar-refractivity contribution in [1.29, 1.82) is 0 Å². The Morgan fingerprint density at radius 2 is 1.84 bits per heavy atom. The van der Waals surface area contributed by atoms with Crippen molar-refractivity contribution in [2.24, 2.45) is 5.41 Å². The molecule has 1 aliphatic rings. The van der Waals surface area contributed by atoms with Gasteiger partial charge in [0, 0.05) is 5.56 Å². The van der Waals surface area contributed by atoms with Crippen LogP contribution in [0.5, 0.6) is 0 Å². The number of ketones is 1. The number of Topliss-reactive ketones (excluding diaryl/α,β-unsaturated/α-hetero) is 1. The molecule has 0 atom stereocenters. The van der Waals surface area contributed by atoms with E-state index < -0.39 is 17.1 Å². The number of para-hydroxylation sites is 1. The van der Waals surface area contributed by atoms with Gasteiger partial charge >= 0.3 is 0 Å². The number of benzene rings is 1. The van der Waals surface area contributed by atoms with E-state index in [0.29, 0.717) is 0 Å². The summed E-state index contributed by atoms with van der Waals surface area (Å²) in [6.07, 6.45) is 3.43. The largest absolute Gasteiger partial charge is 0.322 e. The number of anilines is 1. The van der Waals surface area contributed by atoms with Crippen LogP contribution in [0.25, 0.3) is 0 Å². The highest BCUT2D eigenvalue weighted by Gasteiger charge is 2.48. The van der Waals surface area contributed by atoms with Gasteiger partial charge in [0.2, 0.25) is 5.91 Å². The lowest BCUT2D eigenvalue weighted by molar-refractivity contribution is -0.123. The van der Waals surface area contributed by atoms with Crippen molar-refractivity contribution < 1.29 is 14.0 Å². The van der Waals surface area contributed by atoms with Gasteiger partial charge in [-0.2, -0.15) is 0 Å². The number of hydrogen-bond donors (Lipinski definition) is 1. The normalized spacial score (nSPS) is 16.5. The van der Waals surface area contributed by atoms with Gasteiger partial charge in [0.25, 0.3) is 0 Å². The van der Waals surface area contributed by atoms with E-state index in [2.05, 4.69) is 18.5 Å². The Bertz CT molecular complexity index is 568. The third-order valence-electron chi connectivity index (χ3n) is 3.35. The molecule has 0 bridgehead atoms. The third kappa shape index (κ3) is 1.89. The minimum absolute atomic E-state index is 0.0405. The first-order valence-electron chi connectivity index (χ1n) is 5.93. The Balaban J connectivity index is 2.61. The van der Waals surface area contributed by atoms with Crippen LogP contribution < -0.4 is 5.32 Å². The zero-order valence-electron chi connectivity index (χ0n) is 10.4. The molecule has 1 N–H and O–H groups in total. The van der Waals surface area contributed by atoms with Gasteiger partial charge in [0.15, 0.2) is 5.78 Å². The van der Waals surface area contributed by atoms with E-state index in [0.717, 1.165) is 0 Å². The Labute approximate surface area is 110 Å². The predicted molar refractivity (Wildman–Crippen MR) is 71.4 cm³/mol. The summed E-state index contributed by atoms with van der Waals surface area (Å²) in [5.41, 5.74) is -1.10. The lowest BCUT2D eigenvalue weighted by Crippen LogP contribution is -2.46. The van der Waals surface area contributed by atoms with Gasteiger partial charge < -0.3 is 5.32 Å². The average molecular weight is 259 g/mol. The highest BCUT2D eigenvalue weighted by Crippen LogP contribution is 2.40. The van der Waals surface area contributed by atoms with Crippen molar-refractivity contribution in [3.05, 3.63) is 54.9 Å². The second-order valence-corrected chi connectivity index (χ2v) is 4.51. The van der Waals surface area contributed by atoms with Crippen molar-refractivity contribution >= 4 is 17.4 Å². The smallest absolute Gasteiger partial charge is 0.239 e. The van der Waals surface area contributed by atoms with Crippen LogP contribution in [0.3, 0.4) is 0 Å². The van der Waals surface area contributed by atoms with Crippen molar-refractivity contribution in [3.8, 4) is 0 Å². The number of fused-ring (bicyclic) bond motifs is 1. The summed E-state index contributed by atoms with van der Waals surface area (Å²) in [5, 5.41) is 2.49. The zero-order chi connectivity index (χ0) is 14.0. The van der Waals surface area contributed by atoms with Crippen LogP contribution in [0.1, 0.15) is 23.2 Å². The highest BCUT2D eigenvalue weighted by molar-refractivity contribution is 6.24. The van der Waals surface area contributed by atoms with E-state index >= 15 is 0 Å². The first-order valence-corrected chi connectivity index (χ1v) is 5.93. The molecule has 0 saturated carbocycles. The maximum absolute atomic E-state index is 13.6. The summed E-state index contributed by atoms with van der Waals surface area (Å²) in [5.74, 6) is -1.49. The number of hydrogen-bond acceptors (Lipinski definition) is 2. The van der Waals surface area contributed by atoms with E-state index in [1.807, 2.05) is 0 Å². The van der Waals surface area contributed by atoms with Gasteiger partial charge in [-0.05, 0) is 25.0 Å². The van der Waals surface area contributed by atoms with Crippen LogP contribution in [0.15, 0.2) is 43.5 Å². The molecule has 0 aromatic heterocycles. The van der Waals surface area contributed by atoms with Crippen LogP contribution in [0, 0.1) is 11.2 Å². The molecule has 4 heteroatoms. The second-order valence-electron chi connectivity index (χ2n) is 4.51. The van der Waals surface area contributed by atoms with E-state index in [1.54, 1.807) is 0 Å². The molecule has 98 valence electrons. The Hall–Kier alpha value is -2.23. The molecule has 1 aromatic carbocycles. The van der Waals surface area contributed by atoms with Crippen molar-refractivity contribution in [2.45, 2.75) is 12.8 Å². The van der Waals surface area contributed by atoms with Crippen molar-refractivity contribution in [3.63, 3.8) is 0 Å². The van der Waals surface area contributed by atoms with Crippen LogP contribution in [-0.2, 0) is 4.79 Å². The summed E-state index contributed by atoms with van der Waals surface area (Å²) in [4.78, 5) is 24.8. The fraction of sp³-hybridized carbons (Fsp3) is 0.200. The standard InChI is InChI=1S/C15H14FNO2/c1-3-8-15(9-4-2)13(18)10-6-5-7-11(16)12(10)17-14(15)19/h3-7H,1-2,8-9H2,(H,17,19). The minimum Gasteiger partial charge on any atom is -0.322 e. The third-order valence-corrected chi connectivity index (χ3v) is 3.35. The van der Waals surface area contributed by atoms with E-state index in [-0.39, 0.29) is 29.9 Å². The number of allylic oxidation sites excluding steroid dienone is 2. The van der Waals surface area contributed by atoms with E-state index in [4.69, 9.17) is 0 Å². The number of nitrogens with one attached hydrogen (secondary N) is 1. The lowest BCUT2D eigenvalue weighted by atomic mass is 9.71. The molecular formula is C15H14FNO2. The molecule has 1 heterocycles. The Kier molecular flexibility index (Phi) is 3.34. The lowest BCUT2D eigenvalue weighted by Gasteiger charge is -2.34. The molecule has 0 spiro atoms. The molecule has 19 heavy (non-hydrogen) atoms. The number of carbonyl (C=O) groups excluding carboxylic acids is 2. The molecule has 0 saturated heterocycles. The summed E-state index contributed by atoms with van der Waals surface area (Å²) in [6, 6.07) is 4.18. The summed E-state index contributed by atoms with van der Waals surface area (Å²) in [7, 11) is 0. The van der Waals surface area contributed by atoms with Crippen molar-refractivity contribution in [2.75, 3.05) is 5.32 Å². The molecule has 0 radical (unpaired) electrons. The minimum atomic E-state index is -1.26. The highest BCUT2D eigenvalue weighted by atomic mass is 19.1. The van der Waals surface area contributed by atoms with Crippen molar-refractivity contribution in [1.82, 2.24) is 0 Å². The molecule has 1 amide bonds. The molecule has 0 unspecified atom stereocenters. The zero-order valence-corrected chi connectivity index (χ0v) is 10.4. The first kappa shape index (κ1) is 13.2. The molecular weight excluding hydrogens is 245 g/mol. The van der Waals surface area contributed by atoms with Crippen LogP contribution in [0.4, 0.5) is 10.1 Å². The fourth-order valence-corrected chi connectivity index (χ4v) is 2.38. The van der Waals surface area contributed by atoms with Gasteiger partial charge in [0.1, 0.15) is 11.2 Å². The monoisotopic (exact) mass is 259 g/mol. The summed E-state index contributed by atoms with van der Waals surface area (Å²) >= 11 is 0. The molecule has 2 rings (SSSR count). The van der Waals surface area contributed by atoms with E-state index in [9.17, 15) is 14.0 Å². The number of halogens is 1. The van der Waals surface area contributed by atoms with E-state index in [1.165, 1.54) is 30.4 Å². The maximum atomic E-state index is 13.6. The average Bonchev–Trinajstić information content (AvgIpc) is 2.38. The van der Waals surface area contributed by atoms with Crippen LogP contribution in [0.2, 0.25) is 0 Å². The molecule has 3 nitrogen and oxygen atoms in total.